The van der Waals surface area contributed by atoms with Gasteiger partial charge in [-0.05, 0) is 43.0 Å². The van der Waals surface area contributed by atoms with Crippen molar-refractivity contribution in [2.45, 2.75) is 27.2 Å². The molecular weight excluding hydrogens is 376 g/mol. The Kier molecular flexibility index (Phi) is 6.83. The molecule has 0 aliphatic rings. The van der Waals surface area contributed by atoms with Crippen LogP contribution in [-0.2, 0) is 0 Å². The van der Waals surface area contributed by atoms with Crippen molar-refractivity contribution < 1.29 is 14.3 Å². The first-order valence-corrected chi connectivity index (χ1v) is 10.2. The third-order valence-electron chi connectivity index (χ3n) is 5.19. The summed E-state index contributed by atoms with van der Waals surface area (Å²) >= 11 is 0. The number of carbonyl (C=O) groups is 1. The Balaban J connectivity index is 2.09. The average molecular weight is 407 g/mol. The highest BCUT2D eigenvalue weighted by Crippen LogP contribution is 2.34. The molecule has 0 bridgehead atoms. The number of hydrogen-bond acceptors (Lipinski definition) is 3. The van der Waals surface area contributed by atoms with Crippen molar-refractivity contribution in [3.05, 3.63) is 65.9 Å². The minimum absolute atomic E-state index is 0.0513. The average Bonchev–Trinajstić information content (AvgIpc) is 3.10. The van der Waals surface area contributed by atoms with E-state index < -0.39 is 0 Å². The maximum absolute atomic E-state index is 12.9. The molecule has 0 saturated carbocycles. The van der Waals surface area contributed by atoms with Crippen LogP contribution in [0.3, 0.4) is 0 Å². The Bertz CT molecular complexity index is 1010. The van der Waals surface area contributed by atoms with E-state index in [0.717, 1.165) is 29.1 Å². The lowest BCUT2D eigenvalue weighted by Gasteiger charge is -2.15. The van der Waals surface area contributed by atoms with Crippen LogP contribution in [0.1, 0.15) is 36.3 Å². The smallest absolute Gasteiger partial charge is 0.253 e. The normalized spacial score (nSPS) is 10.9. The van der Waals surface area contributed by atoms with Gasteiger partial charge in [0.15, 0.2) is 11.5 Å². The fraction of sp³-hybridized carbons (Fsp3) is 0.320. The van der Waals surface area contributed by atoms with Crippen LogP contribution < -0.4 is 14.8 Å². The Morgan fingerprint density at radius 1 is 1.00 bits per heavy atom. The zero-order valence-corrected chi connectivity index (χ0v) is 18.4. The van der Waals surface area contributed by atoms with Gasteiger partial charge in [0.25, 0.3) is 5.91 Å². The van der Waals surface area contributed by atoms with Gasteiger partial charge in [-0.25, -0.2) is 0 Å². The van der Waals surface area contributed by atoms with Gasteiger partial charge in [-0.2, -0.15) is 0 Å². The fourth-order valence-corrected chi connectivity index (χ4v) is 3.52. The van der Waals surface area contributed by atoms with Crippen molar-refractivity contribution >= 4 is 5.91 Å². The molecule has 30 heavy (non-hydrogen) atoms. The third-order valence-corrected chi connectivity index (χ3v) is 5.19. The highest BCUT2D eigenvalue weighted by Gasteiger charge is 2.20. The van der Waals surface area contributed by atoms with E-state index in [1.54, 1.807) is 14.2 Å². The summed E-state index contributed by atoms with van der Waals surface area (Å²) in [6, 6.07) is 17.8. The summed E-state index contributed by atoms with van der Waals surface area (Å²) < 4.78 is 13.0. The van der Waals surface area contributed by atoms with Crippen molar-refractivity contribution in [1.29, 1.82) is 0 Å². The van der Waals surface area contributed by atoms with Gasteiger partial charge >= 0.3 is 0 Å². The number of carbonyl (C=O) groups excluding carboxylic acids is 1. The van der Waals surface area contributed by atoms with Crippen LogP contribution in [-0.4, -0.2) is 31.2 Å². The quantitative estimate of drug-likeness (QED) is 0.556. The van der Waals surface area contributed by atoms with Gasteiger partial charge in [0.1, 0.15) is 0 Å². The summed E-state index contributed by atoms with van der Waals surface area (Å²) in [7, 11) is 3.24. The van der Waals surface area contributed by atoms with E-state index in [1.165, 1.54) is 0 Å². The predicted molar refractivity (Wildman–Crippen MR) is 121 cm³/mol. The molecule has 0 aliphatic heterocycles. The summed E-state index contributed by atoms with van der Waals surface area (Å²) in [5, 5.41) is 3.06. The first kappa shape index (κ1) is 21.5. The van der Waals surface area contributed by atoms with Gasteiger partial charge < -0.3 is 19.4 Å². The summed E-state index contributed by atoms with van der Waals surface area (Å²) in [6.45, 7) is 6.94. The van der Waals surface area contributed by atoms with E-state index in [9.17, 15) is 4.79 Å². The van der Waals surface area contributed by atoms with Crippen molar-refractivity contribution in [2.75, 3.05) is 20.8 Å². The topological polar surface area (TPSA) is 52.5 Å². The molecule has 1 N–H and O–H groups in total. The molecule has 0 aliphatic carbocycles. The maximum atomic E-state index is 12.9. The number of rotatable bonds is 8. The first-order valence-electron chi connectivity index (χ1n) is 10.2. The van der Waals surface area contributed by atoms with Gasteiger partial charge in [-0.3, -0.25) is 4.79 Å². The molecule has 3 rings (SSSR count). The Labute approximate surface area is 178 Å². The summed E-state index contributed by atoms with van der Waals surface area (Å²) in [5.74, 6) is 1.80. The second-order valence-electron chi connectivity index (χ2n) is 7.71. The highest BCUT2D eigenvalue weighted by molar-refractivity contribution is 5.97. The zero-order valence-electron chi connectivity index (χ0n) is 18.4. The molecule has 0 fully saturated rings. The largest absolute Gasteiger partial charge is 0.493 e. The van der Waals surface area contributed by atoms with E-state index >= 15 is 0 Å². The fourth-order valence-electron chi connectivity index (χ4n) is 3.52. The summed E-state index contributed by atoms with van der Waals surface area (Å²) in [4.78, 5) is 12.9. The van der Waals surface area contributed by atoms with E-state index in [1.807, 2.05) is 61.5 Å². The van der Waals surface area contributed by atoms with Gasteiger partial charge in [-0.1, -0.05) is 44.2 Å². The van der Waals surface area contributed by atoms with Crippen LogP contribution in [0.2, 0.25) is 0 Å². The van der Waals surface area contributed by atoms with Crippen LogP contribution in [0, 0.1) is 12.8 Å². The van der Waals surface area contributed by atoms with Crippen LogP contribution in [0.25, 0.3) is 16.9 Å². The number of amides is 1. The van der Waals surface area contributed by atoms with E-state index in [0.29, 0.717) is 29.5 Å². The van der Waals surface area contributed by atoms with E-state index in [-0.39, 0.29) is 5.91 Å². The SMILES string of the molecule is COc1ccc(-n2c(-c3ccccc3)cc(C(=O)NCCC(C)C)c2C)cc1OC. The molecule has 0 atom stereocenters. The molecule has 0 radical (unpaired) electrons. The van der Waals surface area contributed by atoms with Crippen LogP contribution in [0.5, 0.6) is 11.5 Å². The molecule has 0 unspecified atom stereocenters. The number of hydrogen-bond donors (Lipinski definition) is 1. The van der Waals surface area contributed by atoms with Crippen molar-refractivity contribution in [3.8, 4) is 28.4 Å². The lowest BCUT2D eigenvalue weighted by molar-refractivity contribution is 0.0951. The molecule has 1 amide bonds. The van der Waals surface area contributed by atoms with Crippen LogP contribution >= 0.6 is 0 Å². The maximum Gasteiger partial charge on any atom is 0.253 e. The number of ether oxygens (including phenoxy) is 2. The molecule has 0 saturated heterocycles. The summed E-state index contributed by atoms with van der Waals surface area (Å²) in [5.41, 5.74) is 4.45. The second-order valence-corrected chi connectivity index (χ2v) is 7.71. The lowest BCUT2D eigenvalue weighted by Crippen LogP contribution is -2.25. The van der Waals surface area contributed by atoms with Crippen molar-refractivity contribution in [3.63, 3.8) is 0 Å². The predicted octanol–water partition coefficient (Wildman–Crippen LogP) is 5.25. The van der Waals surface area contributed by atoms with E-state index in [2.05, 4.69) is 23.7 Å². The molecule has 5 nitrogen and oxygen atoms in total. The monoisotopic (exact) mass is 406 g/mol. The lowest BCUT2D eigenvalue weighted by atomic mass is 10.1. The van der Waals surface area contributed by atoms with Crippen LogP contribution in [0.15, 0.2) is 54.6 Å². The van der Waals surface area contributed by atoms with Crippen LogP contribution in [0.4, 0.5) is 0 Å². The first-order chi connectivity index (χ1) is 14.5. The number of methoxy groups -OCH3 is 2. The number of benzene rings is 2. The van der Waals surface area contributed by atoms with Crippen molar-refractivity contribution in [1.82, 2.24) is 9.88 Å². The Hall–Kier alpha value is -3.21. The van der Waals surface area contributed by atoms with Gasteiger partial charge in [0, 0.05) is 24.0 Å². The number of aromatic nitrogens is 1. The Morgan fingerprint density at radius 3 is 2.33 bits per heavy atom. The van der Waals surface area contributed by atoms with Gasteiger partial charge in [0.05, 0.1) is 25.5 Å². The molecule has 1 heterocycles. The van der Waals surface area contributed by atoms with E-state index in [4.69, 9.17) is 9.47 Å². The molecule has 5 heteroatoms. The van der Waals surface area contributed by atoms with Gasteiger partial charge in [-0.15, -0.1) is 0 Å². The minimum atomic E-state index is -0.0513. The Morgan fingerprint density at radius 2 is 1.70 bits per heavy atom. The van der Waals surface area contributed by atoms with Crippen molar-refractivity contribution in [2.24, 2.45) is 5.92 Å². The van der Waals surface area contributed by atoms with Gasteiger partial charge in [0.2, 0.25) is 0 Å². The highest BCUT2D eigenvalue weighted by atomic mass is 16.5. The molecular formula is C25H30N2O3. The molecule has 1 aromatic heterocycles. The second kappa shape index (κ2) is 9.53. The molecule has 3 aromatic rings. The minimum Gasteiger partial charge on any atom is -0.493 e. The molecule has 2 aromatic carbocycles. The number of nitrogens with zero attached hydrogens (tertiary/aromatic N) is 1. The third kappa shape index (κ3) is 4.51. The summed E-state index contributed by atoms with van der Waals surface area (Å²) in [6.07, 6.45) is 0.951. The molecule has 0 spiro atoms. The number of nitrogens with one attached hydrogen (secondary N) is 1. The standard InChI is InChI=1S/C25H30N2O3/c1-17(2)13-14-26-25(28)21-16-22(19-9-7-6-8-10-19)27(18(21)3)20-11-12-23(29-4)24(15-20)30-5/h6-12,15-17H,13-14H2,1-5H3,(H,26,28). The zero-order chi connectivity index (χ0) is 21.7. The molecule has 158 valence electrons.